The van der Waals surface area contributed by atoms with Gasteiger partial charge in [-0.2, -0.15) is 5.10 Å². The highest BCUT2D eigenvalue weighted by atomic mass is 32.1. The lowest BCUT2D eigenvalue weighted by Crippen LogP contribution is -2.46. The fraction of sp³-hybridized carbons (Fsp3) is 0.529. The van der Waals surface area contributed by atoms with E-state index in [9.17, 15) is 0 Å². The summed E-state index contributed by atoms with van der Waals surface area (Å²) in [4.78, 5) is 4.93. The van der Waals surface area contributed by atoms with Gasteiger partial charge in [0, 0.05) is 46.2 Å². The Kier molecular flexibility index (Phi) is 4.39. The normalized spacial score (nSPS) is 18.5. The summed E-state index contributed by atoms with van der Waals surface area (Å²) in [6.45, 7) is 6.88. The lowest BCUT2D eigenvalue weighted by atomic mass is 10.1. The molecular formula is C17H23N5OS. The van der Waals surface area contributed by atoms with Crippen LogP contribution in [0.15, 0.2) is 24.5 Å². The molecule has 0 atom stereocenters. The van der Waals surface area contributed by atoms with E-state index < -0.39 is 0 Å². The van der Waals surface area contributed by atoms with E-state index in [0.717, 1.165) is 62.9 Å². The quantitative estimate of drug-likeness (QED) is 0.788. The number of hydrogen-bond acceptors (Lipinski definition) is 5. The van der Waals surface area contributed by atoms with Gasteiger partial charge in [0.25, 0.3) is 0 Å². The maximum Gasteiger partial charge on any atom is 0.198 e. The number of rotatable bonds is 4. The highest BCUT2D eigenvalue weighted by Gasteiger charge is 2.19. The number of nitrogens with zero attached hydrogens (tertiary/aromatic N) is 5. The van der Waals surface area contributed by atoms with Crippen LogP contribution in [-0.4, -0.2) is 56.9 Å². The standard InChI is InChI=1S/C17H23N5OS/c1-19-12-18-22(17(19)24)13-21-7-5-20(6-8-21)11-14-2-3-16-15(10-14)4-9-23-16/h2-3,10,12H,4-9,11,13H2,1H3. The lowest BCUT2D eigenvalue weighted by molar-refractivity contribution is 0.0980. The van der Waals surface area contributed by atoms with E-state index in [-0.39, 0.29) is 0 Å². The molecule has 0 aliphatic carbocycles. The number of aromatic nitrogens is 3. The molecule has 1 fully saturated rings. The zero-order chi connectivity index (χ0) is 16.5. The fourth-order valence-corrected chi connectivity index (χ4v) is 3.54. The first-order chi connectivity index (χ1) is 11.7. The van der Waals surface area contributed by atoms with Gasteiger partial charge in [0.15, 0.2) is 4.77 Å². The zero-order valence-corrected chi connectivity index (χ0v) is 14.8. The first-order valence-corrected chi connectivity index (χ1v) is 8.87. The molecular weight excluding hydrogens is 322 g/mol. The van der Waals surface area contributed by atoms with Gasteiger partial charge >= 0.3 is 0 Å². The second-order valence-corrected chi connectivity index (χ2v) is 6.97. The van der Waals surface area contributed by atoms with E-state index in [4.69, 9.17) is 17.0 Å². The molecule has 4 rings (SSSR count). The Bertz CT molecular complexity index is 776. The molecule has 2 aromatic rings. The van der Waals surface area contributed by atoms with E-state index in [1.54, 1.807) is 6.33 Å². The third-order valence-electron chi connectivity index (χ3n) is 4.85. The summed E-state index contributed by atoms with van der Waals surface area (Å²) in [6.07, 6.45) is 2.82. The molecule has 1 aromatic heterocycles. The molecule has 2 aliphatic heterocycles. The monoisotopic (exact) mass is 345 g/mol. The number of piperazine rings is 1. The van der Waals surface area contributed by atoms with Crippen LogP contribution in [0.4, 0.5) is 0 Å². The van der Waals surface area contributed by atoms with E-state index in [1.807, 2.05) is 16.3 Å². The number of fused-ring (bicyclic) bond motifs is 1. The Balaban J connectivity index is 1.31. The minimum absolute atomic E-state index is 0.776. The van der Waals surface area contributed by atoms with Gasteiger partial charge in [0.2, 0.25) is 0 Å². The second-order valence-electron chi connectivity index (χ2n) is 6.60. The maximum absolute atomic E-state index is 5.59. The van der Waals surface area contributed by atoms with Gasteiger partial charge in [0.1, 0.15) is 12.1 Å². The van der Waals surface area contributed by atoms with Crippen molar-refractivity contribution in [2.24, 2.45) is 7.05 Å². The second kappa shape index (κ2) is 6.66. The van der Waals surface area contributed by atoms with Crippen LogP contribution in [0.5, 0.6) is 5.75 Å². The molecule has 7 heteroatoms. The van der Waals surface area contributed by atoms with Gasteiger partial charge in [-0.1, -0.05) is 12.1 Å². The van der Waals surface area contributed by atoms with Crippen LogP contribution in [0.3, 0.4) is 0 Å². The van der Waals surface area contributed by atoms with Gasteiger partial charge in [-0.05, 0) is 29.4 Å². The van der Waals surface area contributed by atoms with Crippen molar-refractivity contribution in [2.75, 3.05) is 32.8 Å². The molecule has 0 bridgehead atoms. The van der Waals surface area contributed by atoms with Crippen LogP contribution in [0, 0.1) is 4.77 Å². The Morgan fingerprint density at radius 1 is 1.17 bits per heavy atom. The molecule has 24 heavy (non-hydrogen) atoms. The molecule has 3 heterocycles. The van der Waals surface area contributed by atoms with Crippen molar-refractivity contribution in [1.82, 2.24) is 24.1 Å². The lowest BCUT2D eigenvalue weighted by Gasteiger charge is -2.34. The number of ether oxygens (including phenoxy) is 1. The van der Waals surface area contributed by atoms with Gasteiger partial charge in [-0.3, -0.25) is 9.80 Å². The molecule has 0 radical (unpaired) electrons. The largest absolute Gasteiger partial charge is 0.493 e. The Morgan fingerprint density at radius 2 is 1.96 bits per heavy atom. The summed E-state index contributed by atoms with van der Waals surface area (Å²) in [5, 5.41) is 4.34. The summed E-state index contributed by atoms with van der Waals surface area (Å²) in [6, 6.07) is 6.63. The Morgan fingerprint density at radius 3 is 2.71 bits per heavy atom. The van der Waals surface area contributed by atoms with E-state index >= 15 is 0 Å². The van der Waals surface area contributed by atoms with E-state index in [1.165, 1.54) is 11.1 Å². The first kappa shape index (κ1) is 15.8. The van der Waals surface area contributed by atoms with Crippen molar-refractivity contribution in [3.8, 4) is 5.75 Å². The molecule has 6 nitrogen and oxygen atoms in total. The summed E-state index contributed by atoms with van der Waals surface area (Å²) in [7, 11) is 1.94. The average Bonchev–Trinajstić information content (AvgIpc) is 3.18. The summed E-state index contributed by atoms with van der Waals surface area (Å²) in [5.74, 6) is 1.07. The number of aryl methyl sites for hydroxylation is 1. The van der Waals surface area contributed by atoms with Crippen LogP contribution >= 0.6 is 12.2 Å². The van der Waals surface area contributed by atoms with Crippen molar-refractivity contribution in [2.45, 2.75) is 19.6 Å². The smallest absolute Gasteiger partial charge is 0.198 e. The maximum atomic E-state index is 5.59. The van der Waals surface area contributed by atoms with Gasteiger partial charge < -0.3 is 9.30 Å². The predicted molar refractivity (Wildman–Crippen MR) is 94.5 cm³/mol. The van der Waals surface area contributed by atoms with Crippen LogP contribution in [0.2, 0.25) is 0 Å². The Labute approximate surface area is 147 Å². The molecule has 128 valence electrons. The highest BCUT2D eigenvalue weighted by Crippen LogP contribution is 2.26. The minimum Gasteiger partial charge on any atom is -0.493 e. The van der Waals surface area contributed by atoms with Gasteiger partial charge in [-0.15, -0.1) is 0 Å². The van der Waals surface area contributed by atoms with E-state index in [2.05, 4.69) is 33.1 Å². The third kappa shape index (κ3) is 3.24. The van der Waals surface area contributed by atoms with Crippen molar-refractivity contribution < 1.29 is 4.74 Å². The average molecular weight is 345 g/mol. The summed E-state index contributed by atoms with van der Waals surface area (Å²) >= 11 is 5.36. The summed E-state index contributed by atoms with van der Waals surface area (Å²) < 4.78 is 10.1. The molecule has 0 saturated carbocycles. The third-order valence-corrected chi connectivity index (χ3v) is 5.34. The first-order valence-electron chi connectivity index (χ1n) is 8.47. The molecule has 0 amide bonds. The minimum atomic E-state index is 0.776. The van der Waals surface area contributed by atoms with Crippen molar-refractivity contribution >= 4 is 12.2 Å². The SMILES string of the molecule is Cn1cnn(CN2CCN(Cc3ccc4c(c3)CCO4)CC2)c1=S. The fourth-order valence-electron chi connectivity index (χ4n) is 3.39. The topological polar surface area (TPSA) is 38.5 Å². The highest BCUT2D eigenvalue weighted by molar-refractivity contribution is 7.71. The van der Waals surface area contributed by atoms with Crippen LogP contribution in [0.1, 0.15) is 11.1 Å². The molecule has 1 aromatic carbocycles. The van der Waals surface area contributed by atoms with Crippen molar-refractivity contribution in [3.05, 3.63) is 40.4 Å². The van der Waals surface area contributed by atoms with Crippen LogP contribution in [-0.2, 0) is 26.7 Å². The molecule has 1 saturated heterocycles. The van der Waals surface area contributed by atoms with Crippen LogP contribution < -0.4 is 4.74 Å². The summed E-state index contributed by atoms with van der Waals surface area (Å²) in [5.41, 5.74) is 2.75. The molecule has 0 unspecified atom stereocenters. The molecule has 0 N–H and O–H groups in total. The predicted octanol–water partition coefficient (Wildman–Crippen LogP) is 1.66. The van der Waals surface area contributed by atoms with E-state index in [0.29, 0.717) is 0 Å². The van der Waals surface area contributed by atoms with Gasteiger partial charge in [-0.25, -0.2) is 4.68 Å². The van der Waals surface area contributed by atoms with Crippen molar-refractivity contribution in [1.29, 1.82) is 0 Å². The zero-order valence-electron chi connectivity index (χ0n) is 14.0. The Hall–Kier alpha value is -1.70. The molecule has 2 aliphatic rings. The van der Waals surface area contributed by atoms with Crippen molar-refractivity contribution in [3.63, 3.8) is 0 Å². The van der Waals surface area contributed by atoms with Crippen LogP contribution in [0.25, 0.3) is 0 Å². The van der Waals surface area contributed by atoms with Gasteiger partial charge in [0.05, 0.1) is 13.3 Å². The number of hydrogen-bond donors (Lipinski definition) is 0. The molecule has 0 spiro atoms. The number of benzene rings is 1.